The quantitative estimate of drug-likeness (QED) is 0.803. The summed E-state index contributed by atoms with van der Waals surface area (Å²) in [5, 5.41) is 9.40. The molecule has 0 aromatic rings. The first-order chi connectivity index (χ1) is 9.28. The first kappa shape index (κ1) is 15.1. The predicted octanol–water partition coefficient (Wildman–Crippen LogP) is 2.89. The van der Waals surface area contributed by atoms with Crippen LogP contribution >= 0.6 is 0 Å². The third-order valence-electron chi connectivity index (χ3n) is 4.31. The molecule has 0 aromatic heterocycles. The first-order valence-electron chi connectivity index (χ1n) is 7.50. The molecule has 0 radical (unpaired) electrons. The van der Waals surface area contributed by atoms with Crippen molar-refractivity contribution in [3.05, 3.63) is 0 Å². The molecular formula is C15H25NO4. The summed E-state index contributed by atoms with van der Waals surface area (Å²) in [6.07, 6.45) is 4.63. The minimum absolute atomic E-state index is 0.437. The van der Waals surface area contributed by atoms with Crippen LogP contribution in [0.15, 0.2) is 0 Å². The summed E-state index contributed by atoms with van der Waals surface area (Å²) < 4.78 is 5.36. The van der Waals surface area contributed by atoms with Gasteiger partial charge >= 0.3 is 12.1 Å². The van der Waals surface area contributed by atoms with Gasteiger partial charge in [0.25, 0.3) is 0 Å². The number of hydrogen-bond acceptors (Lipinski definition) is 3. The topological polar surface area (TPSA) is 66.8 Å². The Hall–Kier alpha value is -1.26. The number of carboxylic acids is 1. The number of carbonyl (C=O) groups is 2. The molecule has 1 saturated heterocycles. The van der Waals surface area contributed by atoms with Crippen LogP contribution in [0.1, 0.15) is 52.9 Å². The Kier molecular flexibility index (Phi) is 4.25. The third kappa shape index (κ3) is 3.44. The Bertz CT molecular complexity index is 388. The van der Waals surface area contributed by atoms with Gasteiger partial charge in [-0.15, -0.1) is 0 Å². The van der Waals surface area contributed by atoms with Gasteiger partial charge in [-0.2, -0.15) is 0 Å². The van der Waals surface area contributed by atoms with Crippen molar-refractivity contribution >= 4 is 12.1 Å². The first-order valence-corrected chi connectivity index (χ1v) is 7.50. The van der Waals surface area contributed by atoms with E-state index in [0.29, 0.717) is 24.8 Å². The van der Waals surface area contributed by atoms with Crippen molar-refractivity contribution < 1.29 is 19.4 Å². The number of hydrogen-bond donors (Lipinski definition) is 1. The fourth-order valence-electron chi connectivity index (χ4n) is 3.39. The molecule has 0 aromatic carbocycles. The highest BCUT2D eigenvalue weighted by molar-refractivity contribution is 5.80. The maximum Gasteiger partial charge on any atom is 0.411 e. The van der Waals surface area contributed by atoms with Crippen molar-refractivity contribution in [2.45, 2.75) is 64.5 Å². The van der Waals surface area contributed by atoms with E-state index in [0.717, 1.165) is 12.8 Å². The molecule has 5 nitrogen and oxygen atoms in total. The lowest BCUT2D eigenvalue weighted by Crippen LogP contribution is -2.55. The molecule has 1 amide bonds. The molecule has 1 saturated carbocycles. The number of ether oxygens (including phenoxy) is 1. The summed E-state index contributed by atoms with van der Waals surface area (Å²) in [7, 11) is 0. The van der Waals surface area contributed by atoms with Crippen molar-refractivity contribution in [2.24, 2.45) is 11.8 Å². The molecule has 2 aliphatic rings. The number of aliphatic carboxylic acids is 1. The van der Waals surface area contributed by atoms with E-state index in [1.165, 1.54) is 17.7 Å². The number of carboxylic acid groups (broad SMARTS) is 1. The molecule has 5 heteroatoms. The fourth-order valence-corrected chi connectivity index (χ4v) is 3.39. The number of rotatable bonds is 1. The predicted molar refractivity (Wildman–Crippen MR) is 74.4 cm³/mol. The molecule has 1 aliphatic carbocycles. The van der Waals surface area contributed by atoms with Crippen LogP contribution in [0.3, 0.4) is 0 Å². The molecule has 114 valence electrons. The highest BCUT2D eigenvalue weighted by Crippen LogP contribution is 2.39. The van der Waals surface area contributed by atoms with Crippen molar-refractivity contribution in [3.8, 4) is 0 Å². The van der Waals surface area contributed by atoms with Gasteiger partial charge in [0.1, 0.15) is 11.6 Å². The van der Waals surface area contributed by atoms with Crippen LogP contribution in [0.5, 0.6) is 0 Å². The lowest BCUT2D eigenvalue weighted by molar-refractivity contribution is -0.146. The van der Waals surface area contributed by atoms with E-state index in [1.807, 2.05) is 0 Å². The Morgan fingerprint density at radius 3 is 2.30 bits per heavy atom. The normalized spacial score (nSPS) is 30.6. The van der Waals surface area contributed by atoms with Crippen LogP contribution in [0.2, 0.25) is 0 Å². The van der Waals surface area contributed by atoms with Gasteiger partial charge < -0.3 is 9.84 Å². The minimum atomic E-state index is -0.917. The highest BCUT2D eigenvalue weighted by atomic mass is 16.6. The van der Waals surface area contributed by atoms with E-state index in [1.54, 1.807) is 20.8 Å². The number of likely N-dealkylation sites (tertiary alicyclic amines) is 1. The summed E-state index contributed by atoms with van der Waals surface area (Å²) in [6, 6.07) is -0.732. The largest absolute Gasteiger partial charge is 0.480 e. The smallest absolute Gasteiger partial charge is 0.411 e. The number of amides is 1. The molecule has 2 rings (SSSR count). The van der Waals surface area contributed by atoms with E-state index in [-0.39, 0.29) is 0 Å². The summed E-state index contributed by atoms with van der Waals surface area (Å²) in [5.74, 6) is -0.0321. The van der Waals surface area contributed by atoms with E-state index < -0.39 is 23.7 Å². The summed E-state index contributed by atoms with van der Waals surface area (Å²) in [5.41, 5.74) is -0.594. The lowest BCUT2D eigenvalue weighted by atomic mass is 9.73. The minimum Gasteiger partial charge on any atom is -0.480 e. The molecule has 20 heavy (non-hydrogen) atoms. The molecule has 1 heterocycles. The number of nitrogens with zero attached hydrogens (tertiary/aromatic N) is 1. The molecule has 1 N–H and O–H groups in total. The third-order valence-corrected chi connectivity index (χ3v) is 4.31. The SMILES string of the molecule is CC(C)(C)OC(=O)N1CC2CCCCC2C[C@H]1C(=O)O. The monoisotopic (exact) mass is 283 g/mol. The molecule has 1 aliphatic heterocycles. The molecule has 0 bridgehead atoms. The average molecular weight is 283 g/mol. The van der Waals surface area contributed by atoms with Gasteiger partial charge in [0, 0.05) is 6.54 Å². The number of carbonyl (C=O) groups excluding carboxylic acids is 1. The maximum absolute atomic E-state index is 12.2. The zero-order chi connectivity index (χ0) is 14.9. The summed E-state index contributed by atoms with van der Waals surface area (Å²) in [4.78, 5) is 25.1. The van der Waals surface area contributed by atoms with Gasteiger partial charge in [-0.05, 0) is 45.4 Å². The second-order valence-corrected chi connectivity index (χ2v) is 7.03. The van der Waals surface area contributed by atoms with Gasteiger partial charge in [-0.1, -0.05) is 19.3 Å². The summed E-state index contributed by atoms with van der Waals surface area (Å²) in [6.45, 7) is 5.92. The zero-order valence-corrected chi connectivity index (χ0v) is 12.6. The lowest BCUT2D eigenvalue weighted by Gasteiger charge is -2.44. The maximum atomic E-state index is 12.2. The number of piperidine rings is 1. The van der Waals surface area contributed by atoms with Gasteiger partial charge in [-0.25, -0.2) is 9.59 Å². The van der Waals surface area contributed by atoms with Gasteiger partial charge in [0.05, 0.1) is 0 Å². The second-order valence-electron chi connectivity index (χ2n) is 7.03. The Labute approximate surface area is 120 Å². The van der Waals surface area contributed by atoms with E-state index >= 15 is 0 Å². The van der Waals surface area contributed by atoms with Crippen molar-refractivity contribution in [1.29, 1.82) is 0 Å². The molecular weight excluding hydrogens is 258 g/mol. The van der Waals surface area contributed by atoms with E-state index in [4.69, 9.17) is 4.74 Å². The van der Waals surface area contributed by atoms with Crippen LogP contribution in [-0.2, 0) is 9.53 Å². The van der Waals surface area contributed by atoms with Crippen LogP contribution < -0.4 is 0 Å². The Morgan fingerprint density at radius 2 is 1.75 bits per heavy atom. The Balaban J connectivity index is 2.11. The molecule has 0 spiro atoms. The summed E-state index contributed by atoms with van der Waals surface area (Å²) >= 11 is 0. The van der Waals surface area contributed by atoms with Crippen LogP contribution in [0, 0.1) is 11.8 Å². The van der Waals surface area contributed by atoms with E-state index in [9.17, 15) is 14.7 Å². The standard InChI is InChI=1S/C15H25NO4/c1-15(2,3)20-14(19)16-9-11-7-5-4-6-10(11)8-12(16)13(17)18/h10-12H,4-9H2,1-3H3,(H,17,18)/t10?,11?,12-/m0/s1. The van der Waals surface area contributed by atoms with Crippen molar-refractivity contribution in [2.75, 3.05) is 6.54 Å². The highest BCUT2D eigenvalue weighted by Gasteiger charge is 2.43. The zero-order valence-electron chi connectivity index (χ0n) is 12.6. The number of fused-ring (bicyclic) bond motifs is 1. The van der Waals surface area contributed by atoms with Gasteiger partial charge in [-0.3, -0.25) is 4.90 Å². The molecule has 2 fully saturated rings. The van der Waals surface area contributed by atoms with Gasteiger partial charge in [0.2, 0.25) is 0 Å². The molecule has 3 atom stereocenters. The average Bonchev–Trinajstić information content (AvgIpc) is 2.35. The molecule has 2 unspecified atom stereocenters. The van der Waals surface area contributed by atoms with E-state index in [2.05, 4.69) is 0 Å². The Morgan fingerprint density at radius 1 is 1.15 bits per heavy atom. The van der Waals surface area contributed by atoms with Crippen LogP contribution in [-0.4, -0.2) is 40.3 Å². The van der Waals surface area contributed by atoms with Gasteiger partial charge in [0.15, 0.2) is 0 Å². The van der Waals surface area contributed by atoms with Crippen molar-refractivity contribution in [1.82, 2.24) is 4.90 Å². The second kappa shape index (κ2) is 5.62. The van der Waals surface area contributed by atoms with Crippen LogP contribution in [0.4, 0.5) is 4.79 Å². The van der Waals surface area contributed by atoms with Crippen molar-refractivity contribution in [3.63, 3.8) is 0 Å². The fraction of sp³-hybridized carbons (Fsp3) is 0.867. The van der Waals surface area contributed by atoms with Crippen LogP contribution in [0.25, 0.3) is 0 Å².